The number of anilines is 1. The van der Waals surface area contributed by atoms with Crippen molar-refractivity contribution in [1.82, 2.24) is 19.7 Å². The van der Waals surface area contributed by atoms with E-state index in [4.69, 9.17) is 0 Å². The van der Waals surface area contributed by atoms with Gasteiger partial charge in [-0.3, -0.25) is 19.1 Å². The molecule has 0 unspecified atom stereocenters. The molecule has 2 aromatic carbocycles. The van der Waals surface area contributed by atoms with E-state index >= 15 is 0 Å². The van der Waals surface area contributed by atoms with Crippen molar-refractivity contribution < 1.29 is 9.59 Å². The number of nitrogens with one attached hydrogen (secondary N) is 1. The number of thioether (sulfide) groups is 1. The summed E-state index contributed by atoms with van der Waals surface area (Å²) in [7, 11) is 0. The van der Waals surface area contributed by atoms with Gasteiger partial charge in [-0.2, -0.15) is 0 Å². The quantitative estimate of drug-likeness (QED) is 0.314. The number of aryl methyl sites for hydroxylation is 2. The molecule has 166 valence electrons. The predicted octanol–water partition coefficient (Wildman–Crippen LogP) is 4.88. The number of amides is 1. The van der Waals surface area contributed by atoms with Crippen LogP contribution in [0, 0.1) is 13.8 Å². The lowest BCUT2D eigenvalue weighted by atomic mass is 10.1. The van der Waals surface area contributed by atoms with E-state index in [1.54, 1.807) is 36.7 Å². The van der Waals surface area contributed by atoms with Gasteiger partial charge in [-0.1, -0.05) is 30.0 Å². The number of hydrogen-bond acceptors (Lipinski definition) is 6. The molecule has 0 aliphatic carbocycles. The number of pyridine rings is 1. The maximum absolute atomic E-state index is 12.7. The lowest BCUT2D eigenvalue weighted by molar-refractivity contribution is -0.113. The largest absolute Gasteiger partial charge is 0.325 e. The number of benzene rings is 2. The minimum atomic E-state index is -0.228. The molecule has 33 heavy (non-hydrogen) atoms. The molecule has 4 rings (SSSR count). The van der Waals surface area contributed by atoms with Crippen LogP contribution in [0.3, 0.4) is 0 Å². The highest BCUT2D eigenvalue weighted by Gasteiger charge is 2.18. The van der Waals surface area contributed by atoms with E-state index in [-0.39, 0.29) is 17.4 Å². The smallest absolute Gasteiger partial charge is 0.234 e. The number of carbonyl (C=O) groups excluding carboxylic acids is 2. The minimum Gasteiger partial charge on any atom is -0.325 e. The molecule has 2 aromatic heterocycles. The Morgan fingerprint density at radius 3 is 2.45 bits per heavy atom. The third-order valence-corrected chi connectivity index (χ3v) is 6.16. The normalized spacial score (nSPS) is 10.8. The molecule has 0 saturated heterocycles. The van der Waals surface area contributed by atoms with E-state index < -0.39 is 0 Å². The fourth-order valence-corrected chi connectivity index (χ4v) is 4.12. The van der Waals surface area contributed by atoms with Crippen LogP contribution in [0.4, 0.5) is 5.69 Å². The molecule has 0 aliphatic rings. The number of carbonyl (C=O) groups is 2. The molecule has 0 radical (unpaired) electrons. The Labute approximate surface area is 196 Å². The first kappa shape index (κ1) is 22.4. The second kappa shape index (κ2) is 9.79. The summed E-state index contributed by atoms with van der Waals surface area (Å²) in [6, 6.07) is 16.9. The van der Waals surface area contributed by atoms with Crippen LogP contribution in [0.5, 0.6) is 0 Å². The van der Waals surface area contributed by atoms with Gasteiger partial charge in [-0.15, -0.1) is 10.2 Å². The van der Waals surface area contributed by atoms with Crippen molar-refractivity contribution in [3.05, 3.63) is 83.7 Å². The highest BCUT2D eigenvalue weighted by atomic mass is 32.2. The number of aromatic nitrogens is 4. The molecule has 0 saturated carbocycles. The van der Waals surface area contributed by atoms with Gasteiger partial charge in [0, 0.05) is 23.5 Å². The van der Waals surface area contributed by atoms with Crippen LogP contribution in [0.2, 0.25) is 0 Å². The molecule has 0 fully saturated rings. The number of Topliss-reactive ketones (excluding diaryl/α,β-unsaturated/α-hetero) is 1. The van der Waals surface area contributed by atoms with Crippen molar-refractivity contribution in [1.29, 1.82) is 0 Å². The van der Waals surface area contributed by atoms with Crippen LogP contribution in [-0.2, 0) is 4.79 Å². The van der Waals surface area contributed by atoms with Gasteiger partial charge in [0.1, 0.15) is 0 Å². The topological polar surface area (TPSA) is 89.8 Å². The zero-order valence-corrected chi connectivity index (χ0v) is 19.4. The Morgan fingerprint density at radius 2 is 1.73 bits per heavy atom. The number of para-hydroxylation sites is 1. The summed E-state index contributed by atoms with van der Waals surface area (Å²) in [5, 5.41) is 12.2. The van der Waals surface area contributed by atoms with Gasteiger partial charge in [0.15, 0.2) is 16.8 Å². The molecule has 1 amide bonds. The van der Waals surface area contributed by atoms with Crippen LogP contribution < -0.4 is 5.32 Å². The monoisotopic (exact) mass is 457 g/mol. The molecule has 1 N–H and O–H groups in total. The van der Waals surface area contributed by atoms with Gasteiger partial charge in [0.05, 0.1) is 17.1 Å². The summed E-state index contributed by atoms with van der Waals surface area (Å²) in [5.74, 6) is 0.459. The van der Waals surface area contributed by atoms with Gasteiger partial charge in [-0.25, -0.2) is 0 Å². The van der Waals surface area contributed by atoms with Crippen molar-refractivity contribution in [3.8, 4) is 17.1 Å². The van der Waals surface area contributed by atoms with Crippen molar-refractivity contribution >= 4 is 29.1 Å². The Bertz CT molecular complexity index is 1320. The first-order chi connectivity index (χ1) is 15.9. The van der Waals surface area contributed by atoms with Crippen LogP contribution in [-0.4, -0.2) is 37.2 Å². The summed E-state index contributed by atoms with van der Waals surface area (Å²) >= 11 is 1.29. The molecule has 0 aliphatic heterocycles. The Kier molecular flexibility index (Phi) is 6.65. The summed E-state index contributed by atoms with van der Waals surface area (Å²) in [6.45, 7) is 5.60. The second-order valence-corrected chi connectivity index (χ2v) is 8.53. The standard InChI is InChI=1S/C25H23N5O2S/c1-16-8-9-20(14-17(16)2)30-24(19-10-12-26-13-11-19)28-29-25(30)33-15-23(32)27-22-7-5-4-6-21(22)18(3)31/h4-14H,15H2,1-3H3,(H,27,32). The predicted molar refractivity (Wildman–Crippen MR) is 130 cm³/mol. The molecule has 0 atom stereocenters. The SMILES string of the molecule is CC(=O)c1ccccc1NC(=O)CSc1nnc(-c2ccncc2)n1-c1ccc(C)c(C)c1. The van der Waals surface area contributed by atoms with E-state index in [1.807, 2.05) is 22.8 Å². The molecule has 2 heterocycles. The zero-order valence-electron chi connectivity index (χ0n) is 18.6. The van der Waals surface area contributed by atoms with Gasteiger partial charge >= 0.3 is 0 Å². The highest BCUT2D eigenvalue weighted by Crippen LogP contribution is 2.29. The Hall–Kier alpha value is -3.78. The third kappa shape index (κ3) is 5.01. The Balaban J connectivity index is 1.62. The van der Waals surface area contributed by atoms with E-state index in [2.05, 4.69) is 46.5 Å². The van der Waals surface area contributed by atoms with Crippen molar-refractivity contribution in [3.63, 3.8) is 0 Å². The molecular formula is C25H23N5O2S. The van der Waals surface area contributed by atoms with Crippen LogP contribution in [0.25, 0.3) is 17.1 Å². The number of rotatable bonds is 7. The first-order valence-corrected chi connectivity index (χ1v) is 11.4. The van der Waals surface area contributed by atoms with Crippen LogP contribution in [0.1, 0.15) is 28.4 Å². The Morgan fingerprint density at radius 1 is 0.970 bits per heavy atom. The van der Waals surface area contributed by atoms with Crippen molar-refractivity contribution in [2.24, 2.45) is 0 Å². The lowest BCUT2D eigenvalue weighted by Crippen LogP contribution is -2.16. The average molecular weight is 458 g/mol. The average Bonchev–Trinajstić information content (AvgIpc) is 3.24. The third-order valence-electron chi connectivity index (χ3n) is 5.23. The second-order valence-electron chi connectivity index (χ2n) is 7.58. The molecule has 7 nitrogen and oxygen atoms in total. The molecule has 0 bridgehead atoms. The maximum Gasteiger partial charge on any atom is 0.234 e. The summed E-state index contributed by atoms with van der Waals surface area (Å²) in [4.78, 5) is 28.6. The number of nitrogens with zero attached hydrogens (tertiary/aromatic N) is 4. The number of ketones is 1. The first-order valence-electron chi connectivity index (χ1n) is 10.4. The molecule has 8 heteroatoms. The summed E-state index contributed by atoms with van der Waals surface area (Å²) in [5.41, 5.74) is 5.12. The fraction of sp³-hybridized carbons (Fsp3) is 0.160. The summed E-state index contributed by atoms with van der Waals surface area (Å²) in [6.07, 6.45) is 3.42. The maximum atomic E-state index is 12.7. The van der Waals surface area contributed by atoms with Gasteiger partial charge in [0.2, 0.25) is 5.91 Å². The molecule has 0 spiro atoms. The van der Waals surface area contributed by atoms with Crippen molar-refractivity contribution in [2.45, 2.75) is 25.9 Å². The fourth-order valence-electron chi connectivity index (χ4n) is 3.36. The number of hydrogen-bond donors (Lipinski definition) is 1. The lowest BCUT2D eigenvalue weighted by Gasteiger charge is -2.12. The van der Waals surface area contributed by atoms with Crippen molar-refractivity contribution in [2.75, 3.05) is 11.1 Å². The van der Waals surface area contributed by atoms with Gasteiger partial charge in [-0.05, 0) is 68.3 Å². The molecular weight excluding hydrogens is 434 g/mol. The van der Waals surface area contributed by atoms with E-state index in [0.29, 0.717) is 22.2 Å². The summed E-state index contributed by atoms with van der Waals surface area (Å²) < 4.78 is 1.95. The minimum absolute atomic E-state index is 0.102. The van der Waals surface area contributed by atoms with E-state index in [0.717, 1.165) is 16.8 Å². The van der Waals surface area contributed by atoms with Gasteiger partial charge < -0.3 is 5.32 Å². The van der Waals surface area contributed by atoms with E-state index in [9.17, 15) is 9.59 Å². The van der Waals surface area contributed by atoms with Crippen LogP contribution in [0.15, 0.2) is 72.1 Å². The highest BCUT2D eigenvalue weighted by molar-refractivity contribution is 7.99. The van der Waals surface area contributed by atoms with E-state index in [1.165, 1.54) is 24.2 Å². The molecule has 4 aromatic rings. The zero-order chi connectivity index (χ0) is 23.4. The van der Waals surface area contributed by atoms with Gasteiger partial charge in [0.25, 0.3) is 0 Å². The van der Waals surface area contributed by atoms with Crippen LogP contribution >= 0.6 is 11.8 Å².